The van der Waals surface area contributed by atoms with E-state index in [-0.39, 0.29) is 17.8 Å². The number of pyridine rings is 1. The van der Waals surface area contributed by atoms with E-state index in [9.17, 15) is 0 Å². The molecule has 6 nitrogen and oxygen atoms in total. The fourth-order valence-corrected chi connectivity index (χ4v) is 6.06. The number of nitrogens with one attached hydrogen (secondary N) is 1. The molecule has 48 heavy (non-hydrogen) atoms. The molecule has 1 N–H and O–H groups in total. The van der Waals surface area contributed by atoms with Gasteiger partial charge in [0.15, 0.2) is 0 Å². The van der Waals surface area contributed by atoms with E-state index in [0.29, 0.717) is 0 Å². The Balaban J connectivity index is 0.00000182. The van der Waals surface area contributed by atoms with Gasteiger partial charge in [-0.3, -0.25) is 9.98 Å². The number of hydrogen-bond acceptors (Lipinski definition) is 6. The van der Waals surface area contributed by atoms with E-state index in [1.165, 1.54) is 5.70 Å². The number of aromatic nitrogens is 1. The zero-order chi connectivity index (χ0) is 36.6. The number of nitrogens with zero attached hydrogens (tertiary/aromatic N) is 5. The minimum Gasteiger partial charge on any atom is -0.377 e. The Morgan fingerprint density at radius 2 is 1.67 bits per heavy atom. The van der Waals surface area contributed by atoms with Crippen molar-refractivity contribution in [3.63, 3.8) is 0 Å². The molecule has 1 fully saturated rings. The molecular weight excluding hydrogens is 595 g/mol. The topological polar surface area (TPSA) is 47.0 Å². The van der Waals surface area contributed by atoms with Crippen LogP contribution in [0.25, 0.3) is 11.8 Å². The van der Waals surface area contributed by atoms with Crippen LogP contribution in [0.2, 0.25) is 0 Å². The number of halogens is 1. The maximum Gasteiger partial charge on any atom is 0.124 e. The highest BCUT2D eigenvalue weighted by molar-refractivity contribution is 5.97. The van der Waals surface area contributed by atoms with E-state index < -0.39 is 0 Å². The number of aliphatic imine (C=N–C) groups is 1. The van der Waals surface area contributed by atoms with Gasteiger partial charge in [0.05, 0.1) is 28.8 Å². The first-order valence-corrected chi connectivity index (χ1v) is 18.5. The first kappa shape index (κ1) is 42.4. The molecule has 1 aromatic heterocycles. The molecule has 2 aliphatic rings. The van der Waals surface area contributed by atoms with Crippen LogP contribution in [0.3, 0.4) is 0 Å². The van der Waals surface area contributed by atoms with Crippen molar-refractivity contribution in [2.45, 2.75) is 115 Å². The van der Waals surface area contributed by atoms with Crippen molar-refractivity contribution in [3.8, 4) is 0 Å². The molecule has 1 unspecified atom stereocenters. The van der Waals surface area contributed by atoms with Crippen molar-refractivity contribution in [3.05, 3.63) is 82.3 Å². The van der Waals surface area contributed by atoms with E-state index >= 15 is 4.39 Å². The van der Waals surface area contributed by atoms with Crippen molar-refractivity contribution in [1.82, 2.24) is 19.7 Å². The maximum absolute atomic E-state index is 15.1. The molecule has 3 heterocycles. The van der Waals surface area contributed by atoms with E-state index in [4.69, 9.17) is 9.98 Å². The molecule has 7 heteroatoms. The van der Waals surface area contributed by atoms with Crippen LogP contribution in [-0.4, -0.2) is 65.2 Å². The average molecular weight is 663 g/mol. The Kier molecular flexibility index (Phi) is 18.9. The fraction of sp³-hybridized carbons (Fsp3) is 0.561. The first-order chi connectivity index (χ1) is 23.1. The molecule has 1 aromatic carbocycles. The average Bonchev–Trinajstić information content (AvgIpc) is 3.11. The molecule has 0 amide bonds. The van der Waals surface area contributed by atoms with Crippen LogP contribution in [0.15, 0.2) is 53.4 Å². The summed E-state index contributed by atoms with van der Waals surface area (Å²) in [6.45, 7) is 35.7. The second kappa shape index (κ2) is 21.4. The molecule has 0 bridgehead atoms. The van der Waals surface area contributed by atoms with Gasteiger partial charge in [-0.1, -0.05) is 81.9 Å². The summed E-state index contributed by atoms with van der Waals surface area (Å²) in [6.07, 6.45) is 6.27. The molecule has 2 aromatic rings. The normalized spacial score (nSPS) is 15.3. The number of rotatable bonds is 10. The van der Waals surface area contributed by atoms with Crippen molar-refractivity contribution in [1.29, 1.82) is 0 Å². The zero-order valence-corrected chi connectivity index (χ0v) is 32.9. The van der Waals surface area contributed by atoms with Crippen molar-refractivity contribution < 1.29 is 4.39 Å². The summed E-state index contributed by atoms with van der Waals surface area (Å²) in [5.74, 6) is 1.14. The van der Waals surface area contributed by atoms with Gasteiger partial charge in [-0.05, 0) is 81.0 Å². The minimum absolute atomic E-state index is 0.0790. The lowest BCUT2D eigenvalue weighted by molar-refractivity contribution is 0.173. The van der Waals surface area contributed by atoms with Crippen LogP contribution in [0.4, 0.5) is 10.1 Å². The Morgan fingerprint density at radius 1 is 1.04 bits per heavy atom. The Morgan fingerprint density at radius 3 is 2.21 bits per heavy atom. The van der Waals surface area contributed by atoms with Gasteiger partial charge in [0.1, 0.15) is 11.6 Å². The third-order valence-corrected chi connectivity index (χ3v) is 8.39. The molecule has 1 atom stereocenters. The quantitative estimate of drug-likeness (QED) is 0.257. The van der Waals surface area contributed by atoms with Crippen molar-refractivity contribution in [2.24, 2.45) is 4.99 Å². The molecular formula is C41H67FN6. The van der Waals surface area contributed by atoms with Crippen LogP contribution >= 0.6 is 0 Å². The van der Waals surface area contributed by atoms with Gasteiger partial charge in [0.2, 0.25) is 0 Å². The highest BCUT2D eigenvalue weighted by atomic mass is 19.1. The summed E-state index contributed by atoms with van der Waals surface area (Å²) in [4.78, 5) is 16.6. The van der Waals surface area contributed by atoms with Crippen LogP contribution in [0.5, 0.6) is 0 Å². The molecule has 1 saturated heterocycles. The van der Waals surface area contributed by atoms with Gasteiger partial charge in [-0.2, -0.15) is 0 Å². The van der Waals surface area contributed by atoms with Crippen LogP contribution < -0.4 is 5.32 Å². The molecule has 4 rings (SSSR count). The summed E-state index contributed by atoms with van der Waals surface area (Å²) in [6, 6.07) is 7.38. The van der Waals surface area contributed by atoms with Gasteiger partial charge in [0.25, 0.3) is 0 Å². The lowest BCUT2D eigenvalue weighted by Crippen LogP contribution is -2.48. The zero-order valence-electron chi connectivity index (χ0n) is 32.9. The largest absolute Gasteiger partial charge is 0.377 e. The molecule has 2 aliphatic heterocycles. The van der Waals surface area contributed by atoms with Gasteiger partial charge < -0.3 is 20.0 Å². The van der Waals surface area contributed by atoms with Gasteiger partial charge >= 0.3 is 0 Å². The Hall–Kier alpha value is -3.61. The number of aryl methyl sites for hydroxylation is 1. The summed E-state index contributed by atoms with van der Waals surface area (Å²) in [5.41, 5.74) is 9.03. The van der Waals surface area contributed by atoms with Crippen LogP contribution in [-0.2, 0) is 0 Å². The smallest absolute Gasteiger partial charge is 0.124 e. The second-order valence-corrected chi connectivity index (χ2v) is 11.7. The maximum atomic E-state index is 15.1. The minimum atomic E-state index is -0.242. The molecule has 0 spiro atoms. The number of allylic oxidation sites excluding steroid dienone is 2. The third kappa shape index (κ3) is 10.4. The predicted molar refractivity (Wildman–Crippen MR) is 210 cm³/mol. The monoisotopic (exact) mass is 663 g/mol. The lowest BCUT2D eigenvalue weighted by atomic mass is 9.90. The van der Waals surface area contributed by atoms with Gasteiger partial charge in [-0.15, -0.1) is 0 Å². The summed E-state index contributed by atoms with van der Waals surface area (Å²) >= 11 is 0. The number of anilines is 1. The third-order valence-electron chi connectivity index (χ3n) is 8.39. The molecule has 0 saturated carbocycles. The summed E-state index contributed by atoms with van der Waals surface area (Å²) in [5, 5.41) is 3.73. The van der Waals surface area contributed by atoms with E-state index in [2.05, 4.69) is 86.4 Å². The summed E-state index contributed by atoms with van der Waals surface area (Å²) < 4.78 is 15.1. The van der Waals surface area contributed by atoms with Gasteiger partial charge in [0, 0.05) is 56.7 Å². The van der Waals surface area contributed by atoms with Crippen molar-refractivity contribution >= 4 is 23.2 Å². The fourth-order valence-electron chi connectivity index (χ4n) is 6.06. The Labute approximate surface area is 293 Å². The van der Waals surface area contributed by atoms with Gasteiger partial charge in [-0.25, -0.2) is 4.39 Å². The van der Waals surface area contributed by atoms with Crippen LogP contribution in [0.1, 0.15) is 136 Å². The number of hydrogen-bond donors (Lipinski definition) is 1. The SMILES string of the molecule is C=C1c2cc(F)cc(C(CC)Nc3ccc(C)nc3C(C)C)c2C=C(N2CCN(/C(=C/C)C(C)=NCCC)CC2)N1C.CC.CC.CC. The first-order valence-electron chi connectivity index (χ1n) is 18.5. The number of benzene rings is 1. The van der Waals surface area contributed by atoms with E-state index in [0.717, 1.165) is 96.6 Å². The number of piperazine rings is 1. The molecule has 0 radical (unpaired) electrons. The van der Waals surface area contributed by atoms with Crippen molar-refractivity contribution in [2.75, 3.05) is 45.1 Å². The lowest BCUT2D eigenvalue weighted by Gasteiger charge is -2.43. The molecule has 0 aliphatic carbocycles. The highest BCUT2D eigenvalue weighted by Crippen LogP contribution is 2.39. The Bertz CT molecular complexity index is 1380. The summed E-state index contributed by atoms with van der Waals surface area (Å²) in [7, 11) is 2.04. The second-order valence-electron chi connectivity index (χ2n) is 11.7. The van der Waals surface area contributed by atoms with E-state index in [1.54, 1.807) is 12.1 Å². The highest BCUT2D eigenvalue weighted by Gasteiger charge is 2.30. The predicted octanol–water partition coefficient (Wildman–Crippen LogP) is 10.9. The standard InChI is InChI=1S/C35H49FN6.3C2H6/c1-10-15-37-25(7)33(12-3)41-16-18-42(19-17-41)34-22-29-28(26(8)40(34)9)20-27(36)21-30(29)31(11-2)39-32-14-13-24(6)38-35(32)23(4)5;3*1-2/h12-14,20-23,31,39H,8,10-11,15-19H2,1-7,9H3;3*1-2H3/b33-12+,37-25?;;;. The van der Waals surface area contributed by atoms with E-state index in [1.807, 2.05) is 61.6 Å². The molecule has 268 valence electrons. The number of fused-ring (bicyclic) bond motifs is 1. The van der Waals surface area contributed by atoms with Crippen LogP contribution in [0, 0.1) is 12.7 Å².